The number of nitrogens with one attached hydrogen (secondary N) is 2. The van der Waals surface area contributed by atoms with Crippen molar-refractivity contribution in [3.8, 4) is 5.69 Å². The number of para-hydroxylation sites is 1. The molecule has 3 rings (SSSR count). The Hall–Kier alpha value is -2.74. The number of aromatic nitrogens is 4. The second-order valence-corrected chi connectivity index (χ2v) is 5.20. The van der Waals surface area contributed by atoms with Crippen molar-refractivity contribution in [2.24, 2.45) is 0 Å². The number of rotatable bonds is 4. The predicted octanol–water partition coefficient (Wildman–Crippen LogP) is 1.88. The molecule has 0 saturated heterocycles. The second-order valence-electron chi connectivity index (χ2n) is 4.81. The number of carbonyl (C=O) groups is 1. The molecule has 2 heterocycles. The van der Waals surface area contributed by atoms with E-state index in [1.165, 1.54) is 4.68 Å². The molecule has 0 saturated carbocycles. The summed E-state index contributed by atoms with van der Waals surface area (Å²) in [7, 11) is 0. The fourth-order valence-corrected chi connectivity index (χ4v) is 2.53. The lowest BCUT2D eigenvalue weighted by molar-refractivity contribution is -0.142. The highest BCUT2D eigenvalue weighted by atomic mass is 32.1. The minimum absolute atomic E-state index is 0.0226. The molecule has 0 amide bonds. The summed E-state index contributed by atoms with van der Waals surface area (Å²) in [5.41, 5.74) is 1.46. The first-order valence-corrected chi connectivity index (χ1v) is 7.46. The molecule has 1 aromatic carbocycles. The second kappa shape index (κ2) is 6.17. The number of hydrogen-bond donors (Lipinski definition) is 2. The third-order valence-electron chi connectivity index (χ3n) is 3.28. The Balaban J connectivity index is 2.18. The Morgan fingerprint density at radius 3 is 2.78 bits per heavy atom. The summed E-state index contributed by atoms with van der Waals surface area (Å²) in [6.45, 7) is 2.02. The van der Waals surface area contributed by atoms with Gasteiger partial charge in [-0.15, -0.1) is 0 Å². The highest BCUT2D eigenvalue weighted by molar-refractivity contribution is 7.71. The first-order chi connectivity index (χ1) is 11.1. The van der Waals surface area contributed by atoms with E-state index in [0.29, 0.717) is 16.9 Å². The lowest BCUT2D eigenvalue weighted by Crippen LogP contribution is -2.14. The number of fused-ring (bicyclic) bond motifs is 1. The lowest BCUT2D eigenvalue weighted by Gasteiger charge is -2.03. The zero-order chi connectivity index (χ0) is 16.4. The van der Waals surface area contributed by atoms with E-state index in [-0.39, 0.29) is 28.9 Å². The highest BCUT2D eigenvalue weighted by Gasteiger charge is 2.16. The number of ether oxygens (including phenoxy) is 1. The Morgan fingerprint density at radius 2 is 2.09 bits per heavy atom. The van der Waals surface area contributed by atoms with E-state index in [1.807, 2.05) is 18.2 Å². The molecule has 118 valence electrons. The quantitative estimate of drug-likeness (QED) is 0.563. The molecule has 3 aromatic rings. The van der Waals surface area contributed by atoms with Crippen LogP contribution in [0, 0.1) is 4.77 Å². The van der Waals surface area contributed by atoms with Crippen LogP contribution in [0.2, 0.25) is 0 Å². The van der Waals surface area contributed by atoms with Gasteiger partial charge in [-0.1, -0.05) is 18.2 Å². The molecule has 0 atom stereocenters. The molecule has 0 aliphatic heterocycles. The molecule has 0 bridgehead atoms. The number of nitrogens with zero attached hydrogens (tertiary/aromatic N) is 2. The number of benzene rings is 1. The molecule has 2 N–H and O–H groups in total. The van der Waals surface area contributed by atoms with E-state index >= 15 is 0 Å². The van der Waals surface area contributed by atoms with Crippen molar-refractivity contribution in [3.63, 3.8) is 0 Å². The Kier molecular flexibility index (Phi) is 4.07. The van der Waals surface area contributed by atoms with E-state index in [4.69, 9.17) is 17.0 Å². The van der Waals surface area contributed by atoms with Crippen molar-refractivity contribution in [3.05, 3.63) is 51.2 Å². The molecule has 0 radical (unpaired) electrons. The summed E-state index contributed by atoms with van der Waals surface area (Å²) in [4.78, 5) is 31.2. The fourth-order valence-electron chi connectivity index (χ4n) is 2.31. The molecule has 0 aliphatic carbocycles. The van der Waals surface area contributed by atoms with Crippen molar-refractivity contribution in [1.82, 2.24) is 19.7 Å². The van der Waals surface area contributed by atoms with Gasteiger partial charge in [0.05, 0.1) is 24.4 Å². The van der Waals surface area contributed by atoms with E-state index in [1.54, 1.807) is 19.1 Å². The monoisotopic (exact) mass is 330 g/mol. The molecule has 8 heteroatoms. The van der Waals surface area contributed by atoms with Crippen molar-refractivity contribution in [1.29, 1.82) is 0 Å². The maximum Gasteiger partial charge on any atom is 0.311 e. The van der Waals surface area contributed by atoms with E-state index in [2.05, 4.69) is 15.1 Å². The van der Waals surface area contributed by atoms with Gasteiger partial charge < -0.3 is 9.72 Å². The zero-order valence-electron chi connectivity index (χ0n) is 12.3. The van der Waals surface area contributed by atoms with Crippen LogP contribution in [0.5, 0.6) is 0 Å². The minimum atomic E-state index is -0.404. The lowest BCUT2D eigenvalue weighted by atomic mass is 10.2. The summed E-state index contributed by atoms with van der Waals surface area (Å²) in [6.07, 6.45) is -0.0226. The third-order valence-corrected chi connectivity index (χ3v) is 3.47. The van der Waals surface area contributed by atoms with Gasteiger partial charge in [0.1, 0.15) is 5.52 Å². The molecule has 0 spiro atoms. The summed E-state index contributed by atoms with van der Waals surface area (Å²) >= 11 is 5.05. The first kappa shape index (κ1) is 15.2. The topological polar surface area (TPSA) is 92.8 Å². The maximum atomic E-state index is 12.5. The van der Waals surface area contributed by atoms with Crippen LogP contribution in [0.3, 0.4) is 0 Å². The van der Waals surface area contributed by atoms with Gasteiger partial charge in [0.25, 0.3) is 5.56 Å². The number of H-pyrrole nitrogens is 2. The largest absolute Gasteiger partial charge is 0.466 e. The molecule has 2 aromatic heterocycles. The fraction of sp³-hybridized carbons (Fsp3) is 0.200. The highest BCUT2D eigenvalue weighted by Crippen LogP contribution is 2.13. The van der Waals surface area contributed by atoms with Gasteiger partial charge in [0.2, 0.25) is 0 Å². The number of esters is 1. The van der Waals surface area contributed by atoms with Crippen LogP contribution in [0.1, 0.15) is 12.6 Å². The molecule has 7 nitrogen and oxygen atoms in total. The van der Waals surface area contributed by atoms with Crippen LogP contribution < -0.4 is 5.56 Å². The van der Waals surface area contributed by atoms with Crippen LogP contribution in [0.4, 0.5) is 0 Å². The molecule has 23 heavy (non-hydrogen) atoms. The molecule has 0 aliphatic rings. The first-order valence-electron chi connectivity index (χ1n) is 7.05. The Labute approximate surface area is 135 Å². The van der Waals surface area contributed by atoms with Crippen molar-refractivity contribution in [2.45, 2.75) is 13.3 Å². The molecule has 0 fully saturated rings. The van der Waals surface area contributed by atoms with Gasteiger partial charge in [-0.3, -0.25) is 14.7 Å². The van der Waals surface area contributed by atoms with Crippen molar-refractivity contribution in [2.75, 3.05) is 6.61 Å². The van der Waals surface area contributed by atoms with Crippen molar-refractivity contribution >= 4 is 29.2 Å². The standard InChI is InChI=1S/C15H14N4O3S/c1-2-22-11(20)8-10-12-13(17-15(23)16-10)14(21)19(18-12)9-6-4-3-5-7-9/h3-7,18H,2,8H2,1H3,(H,16,17,23). The van der Waals surface area contributed by atoms with Gasteiger partial charge >= 0.3 is 5.97 Å². The molecule has 0 unspecified atom stereocenters. The number of hydrogen-bond acceptors (Lipinski definition) is 5. The van der Waals surface area contributed by atoms with Crippen LogP contribution in [0.25, 0.3) is 16.7 Å². The van der Waals surface area contributed by atoms with Gasteiger partial charge in [0.15, 0.2) is 10.3 Å². The maximum absolute atomic E-state index is 12.5. The minimum Gasteiger partial charge on any atom is -0.466 e. The summed E-state index contributed by atoms with van der Waals surface area (Å²) in [5.74, 6) is -0.404. The van der Waals surface area contributed by atoms with Gasteiger partial charge in [-0.25, -0.2) is 9.67 Å². The number of aromatic amines is 2. The van der Waals surface area contributed by atoms with E-state index in [9.17, 15) is 9.59 Å². The van der Waals surface area contributed by atoms with Crippen molar-refractivity contribution < 1.29 is 9.53 Å². The van der Waals surface area contributed by atoms with E-state index < -0.39 is 5.97 Å². The van der Waals surface area contributed by atoms with Gasteiger partial charge in [0, 0.05) is 0 Å². The Morgan fingerprint density at radius 1 is 1.35 bits per heavy atom. The average Bonchev–Trinajstić information content (AvgIpc) is 2.86. The normalized spacial score (nSPS) is 10.8. The summed E-state index contributed by atoms with van der Waals surface area (Å²) < 4.78 is 6.46. The van der Waals surface area contributed by atoms with Gasteiger partial charge in [-0.2, -0.15) is 0 Å². The van der Waals surface area contributed by atoms with Crippen LogP contribution in [-0.4, -0.2) is 32.3 Å². The van der Waals surface area contributed by atoms with E-state index in [0.717, 1.165) is 0 Å². The number of carbonyl (C=O) groups excluding carboxylic acids is 1. The van der Waals surface area contributed by atoms with Gasteiger partial charge in [-0.05, 0) is 31.3 Å². The third kappa shape index (κ3) is 2.93. The van der Waals surface area contributed by atoms with Crippen LogP contribution >= 0.6 is 12.2 Å². The zero-order valence-corrected chi connectivity index (χ0v) is 13.1. The Bertz CT molecular complexity index is 972. The SMILES string of the molecule is CCOC(=O)Cc1[nH]c(=S)nc2c(=O)n(-c3ccccc3)[nH]c12. The summed E-state index contributed by atoms with van der Waals surface area (Å²) in [5, 5.41) is 2.98. The summed E-state index contributed by atoms with van der Waals surface area (Å²) in [6, 6.07) is 9.09. The van der Waals surface area contributed by atoms with Crippen LogP contribution in [0.15, 0.2) is 35.1 Å². The molecular formula is C15H14N4O3S. The molecular weight excluding hydrogens is 316 g/mol. The average molecular weight is 330 g/mol. The smallest absolute Gasteiger partial charge is 0.311 e. The predicted molar refractivity (Wildman–Crippen MR) is 87.2 cm³/mol. The van der Waals surface area contributed by atoms with Crippen LogP contribution in [-0.2, 0) is 16.0 Å².